The van der Waals surface area contributed by atoms with Crippen LogP contribution in [-0.2, 0) is 24.7 Å². The second-order valence-corrected chi connectivity index (χ2v) is 4.54. The van der Waals surface area contributed by atoms with Crippen LogP contribution in [0.1, 0.15) is 13.8 Å². The van der Waals surface area contributed by atoms with Crippen molar-refractivity contribution in [2.75, 3.05) is 12.4 Å². The fraction of sp³-hybridized carbons (Fsp3) is 1.00. The molecule has 0 aliphatic heterocycles. The van der Waals surface area contributed by atoms with Crippen molar-refractivity contribution in [1.29, 1.82) is 0 Å². The van der Waals surface area contributed by atoms with E-state index in [9.17, 15) is 16.8 Å². The van der Waals surface area contributed by atoms with Gasteiger partial charge in [0.1, 0.15) is 0 Å². The lowest BCUT2D eigenvalue weighted by atomic mass is 10.9. The molecule has 0 aromatic carbocycles. The molecule has 0 aliphatic rings. The van der Waals surface area contributed by atoms with Gasteiger partial charge >= 0.3 is 10.4 Å². The molecule has 9 heteroatoms. The fourth-order valence-electron chi connectivity index (χ4n) is 0.149. The van der Waals surface area contributed by atoms with Crippen LogP contribution in [-0.4, -0.2) is 38.3 Å². The van der Waals surface area contributed by atoms with Gasteiger partial charge < -0.3 is 0 Å². The molecule has 0 spiro atoms. The van der Waals surface area contributed by atoms with Gasteiger partial charge in [-0.25, -0.2) is 4.18 Å². The predicted molar refractivity (Wildman–Crippen MR) is 45.3 cm³/mol. The van der Waals surface area contributed by atoms with Crippen LogP contribution in [0.2, 0.25) is 0 Å². The van der Waals surface area contributed by atoms with E-state index >= 15 is 0 Å². The van der Waals surface area contributed by atoms with Gasteiger partial charge in [-0.05, 0) is 13.8 Å². The van der Waals surface area contributed by atoms with Crippen molar-refractivity contribution in [1.82, 2.24) is 0 Å². The monoisotopic (exact) mass is 236 g/mol. The Kier molecular flexibility index (Phi) is 7.36. The second kappa shape index (κ2) is 6.27. The van der Waals surface area contributed by atoms with Crippen LogP contribution in [0, 0.1) is 0 Å². The Labute approximate surface area is 77.4 Å². The molecule has 0 fully saturated rings. The first-order chi connectivity index (χ1) is 5.62. The molecule has 0 atom stereocenters. The third kappa shape index (κ3) is 24.5. The van der Waals surface area contributed by atoms with Gasteiger partial charge in [-0.2, -0.15) is 16.8 Å². The van der Waals surface area contributed by atoms with Gasteiger partial charge in [0.2, 0.25) is 0 Å². The molecule has 0 rings (SSSR count). The van der Waals surface area contributed by atoms with Crippen molar-refractivity contribution < 1.29 is 30.1 Å². The summed E-state index contributed by atoms with van der Waals surface area (Å²) in [4.78, 5) is 0. The Bertz CT molecular complexity index is 299. The zero-order valence-electron chi connectivity index (χ0n) is 7.17. The van der Waals surface area contributed by atoms with Crippen LogP contribution in [0.25, 0.3) is 0 Å². The molecule has 13 heavy (non-hydrogen) atoms. The third-order valence-electron chi connectivity index (χ3n) is 0.632. The Morgan fingerprint density at radius 1 is 1.08 bits per heavy atom. The van der Waals surface area contributed by atoms with Crippen molar-refractivity contribution in [2.24, 2.45) is 0 Å². The Morgan fingerprint density at radius 2 is 1.38 bits per heavy atom. The van der Waals surface area contributed by atoms with Crippen molar-refractivity contribution in [3.63, 3.8) is 0 Å². The molecule has 0 unspecified atom stereocenters. The third-order valence-corrected chi connectivity index (χ3v) is 1.89. The first-order valence-corrected chi connectivity index (χ1v) is 6.16. The van der Waals surface area contributed by atoms with Crippen LogP contribution in [0.4, 0.5) is 0 Å². The Balaban J connectivity index is 0. The average Bonchev–Trinajstić information content (AvgIpc) is 1.84. The van der Waals surface area contributed by atoms with E-state index in [2.05, 4.69) is 4.18 Å². The highest BCUT2D eigenvalue weighted by Crippen LogP contribution is 1.81. The van der Waals surface area contributed by atoms with Crippen LogP contribution in [0.15, 0.2) is 0 Å². The maximum absolute atomic E-state index is 9.56. The lowest BCUT2D eigenvalue weighted by molar-refractivity contribution is 0.283. The summed E-state index contributed by atoms with van der Waals surface area (Å²) in [5.74, 6) is -0.201. The van der Waals surface area contributed by atoms with E-state index in [0.717, 1.165) is 0 Å². The maximum Gasteiger partial charge on any atom is 0.397 e. The summed E-state index contributed by atoms with van der Waals surface area (Å²) in [6, 6.07) is 0. The highest BCUT2D eigenvalue weighted by atomic mass is 32.3. The average molecular weight is 236 g/mol. The van der Waals surface area contributed by atoms with Crippen molar-refractivity contribution in [3.05, 3.63) is 0 Å². The lowest BCUT2D eigenvalue weighted by Crippen LogP contribution is -2.01. The molecule has 7 nitrogen and oxygen atoms in total. The topological polar surface area (TPSA) is 118 Å². The summed E-state index contributed by atoms with van der Waals surface area (Å²) >= 11 is 0. The van der Waals surface area contributed by atoms with E-state index in [-0.39, 0.29) is 12.4 Å². The van der Waals surface area contributed by atoms with Gasteiger partial charge in [0.25, 0.3) is 10.1 Å². The van der Waals surface area contributed by atoms with Gasteiger partial charge in [0.05, 0.1) is 12.4 Å². The first kappa shape index (κ1) is 15.3. The normalized spacial score (nSPS) is 11.7. The smallest absolute Gasteiger partial charge is 0.286 e. The molecule has 0 aromatic heterocycles. The van der Waals surface area contributed by atoms with Gasteiger partial charge in [-0.3, -0.25) is 9.11 Å². The first-order valence-electron chi connectivity index (χ1n) is 3.19. The van der Waals surface area contributed by atoms with E-state index < -0.39 is 20.5 Å². The van der Waals surface area contributed by atoms with Crippen LogP contribution in [0.3, 0.4) is 0 Å². The molecular weight excluding hydrogens is 224 g/mol. The summed E-state index contributed by atoms with van der Waals surface area (Å²) in [7, 11) is -7.84. The zero-order valence-corrected chi connectivity index (χ0v) is 8.80. The summed E-state index contributed by atoms with van der Waals surface area (Å²) < 4.78 is 57.6. The number of hydrogen-bond acceptors (Lipinski definition) is 5. The maximum atomic E-state index is 9.56. The zero-order chi connectivity index (χ0) is 11.1. The van der Waals surface area contributed by atoms with E-state index in [1.165, 1.54) is 13.8 Å². The minimum atomic E-state index is -4.17. The summed E-state index contributed by atoms with van der Waals surface area (Å²) in [6.45, 7) is 2.81. The van der Waals surface area contributed by atoms with Crippen LogP contribution < -0.4 is 0 Å². The van der Waals surface area contributed by atoms with E-state index in [0.29, 0.717) is 0 Å². The van der Waals surface area contributed by atoms with Crippen LogP contribution in [0.5, 0.6) is 0 Å². The minimum Gasteiger partial charge on any atom is -0.286 e. The number of hydrogen-bond donors (Lipinski definition) is 2. The van der Waals surface area contributed by atoms with E-state index in [1.807, 2.05) is 0 Å². The Hall–Kier alpha value is -0.220. The quantitative estimate of drug-likeness (QED) is 0.647. The fourth-order valence-corrected chi connectivity index (χ4v) is 0.447. The Morgan fingerprint density at radius 3 is 1.38 bits per heavy atom. The molecule has 0 heterocycles. The number of rotatable bonds is 3. The largest absolute Gasteiger partial charge is 0.397 e. The molecule has 0 aliphatic carbocycles. The van der Waals surface area contributed by atoms with E-state index in [4.69, 9.17) is 9.11 Å². The van der Waals surface area contributed by atoms with Gasteiger partial charge in [0, 0.05) is 0 Å². The molecule has 0 bridgehead atoms. The molecule has 0 saturated heterocycles. The van der Waals surface area contributed by atoms with Crippen LogP contribution >= 0.6 is 0 Å². The van der Waals surface area contributed by atoms with Crippen molar-refractivity contribution in [2.45, 2.75) is 13.8 Å². The summed E-state index contributed by atoms with van der Waals surface area (Å²) in [6.07, 6.45) is 0. The molecule has 0 aromatic rings. The second-order valence-electron chi connectivity index (χ2n) is 1.70. The highest BCUT2D eigenvalue weighted by Gasteiger charge is 1.98. The van der Waals surface area contributed by atoms with Gasteiger partial charge in [-0.15, -0.1) is 0 Å². The predicted octanol–water partition coefficient (Wildman–Crippen LogP) is -0.280. The standard InChI is InChI=1S/C2H6O4S.C2H6O3S/c1-2-6-7(3,4)5;1-2-6(3,4)5/h2H2,1H3,(H,3,4,5);2H2,1H3,(H,3,4,5). The SMILES string of the molecule is CCOS(=O)(=O)O.CCS(=O)(=O)O. The summed E-state index contributed by atoms with van der Waals surface area (Å²) in [5, 5.41) is 0. The lowest BCUT2D eigenvalue weighted by Gasteiger charge is -1.88. The van der Waals surface area contributed by atoms with Crippen molar-refractivity contribution >= 4 is 20.5 Å². The minimum absolute atomic E-state index is 0.0289. The van der Waals surface area contributed by atoms with Gasteiger partial charge in [0.15, 0.2) is 0 Å². The highest BCUT2D eigenvalue weighted by molar-refractivity contribution is 7.85. The van der Waals surface area contributed by atoms with Crippen molar-refractivity contribution in [3.8, 4) is 0 Å². The molecule has 0 saturated carbocycles. The molecule has 0 radical (unpaired) electrons. The molecule has 0 amide bonds. The van der Waals surface area contributed by atoms with E-state index in [1.54, 1.807) is 0 Å². The van der Waals surface area contributed by atoms with Gasteiger partial charge in [-0.1, -0.05) is 0 Å². The molecular formula is C4H12O7S2. The molecule has 82 valence electrons. The molecule has 2 N–H and O–H groups in total. The summed E-state index contributed by atoms with van der Waals surface area (Å²) in [5.41, 5.74) is 0.